The number of rotatable bonds is 7. The number of halogens is 1. The number of carbonyl (C=O) groups is 1. The van der Waals surface area contributed by atoms with E-state index in [9.17, 15) is 4.79 Å². The number of hydrogen-bond acceptors (Lipinski definition) is 5. The summed E-state index contributed by atoms with van der Waals surface area (Å²) in [5, 5.41) is 13.6. The lowest BCUT2D eigenvalue weighted by Crippen LogP contribution is -2.49. The van der Waals surface area contributed by atoms with E-state index >= 15 is 0 Å². The summed E-state index contributed by atoms with van der Waals surface area (Å²) in [4.78, 5) is 20.4. The maximum atomic E-state index is 11.7. The van der Waals surface area contributed by atoms with Gasteiger partial charge in [-0.25, -0.2) is 9.67 Å². The van der Waals surface area contributed by atoms with Gasteiger partial charge in [-0.3, -0.25) is 9.79 Å². The number of fused-ring (bicyclic) bond motifs is 1. The van der Waals surface area contributed by atoms with Crippen molar-refractivity contribution >= 4 is 35.8 Å². The molecule has 2 rings (SSSR count). The zero-order valence-corrected chi connectivity index (χ0v) is 17.4. The molecule has 142 valence electrons. The Hall–Kier alpha value is -1.43. The maximum absolute atomic E-state index is 11.7. The quantitative estimate of drug-likeness (QED) is 0.221. The van der Waals surface area contributed by atoms with Crippen LogP contribution >= 0.6 is 24.0 Å². The molecule has 3 N–H and O–H groups in total. The number of methoxy groups -OCH3 is 1. The molecule has 0 saturated carbocycles. The van der Waals surface area contributed by atoms with Gasteiger partial charge < -0.3 is 20.7 Å². The molecule has 25 heavy (non-hydrogen) atoms. The average Bonchev–Trinajstić information content (AvgIpc) is 3.01. The van der Waals surface area contributed by atoms with Gasteiger partial charge in [0.15, 0.2) is 11.8 Å². The Morgan fingerprint density at radius 1 is 1.44 bits per heavy atom. The molecule has 0 aliphatic carbocycles. The van der Waals surface area contributed by atoms with E-state index in [1.54, 1.807) is 14.2 Å². The van der Waals surface area contributed by atoms with Crippen LogP contribution in [0, 0.1) is 0 Å². The van der Waals surface area contributed by atoms with Crippen LogP contribution in [-0.4, -0.2) is 66.5 Å². The standard InChI is InChI=1S/C15H27N7O2.HI/c1-4-12-20-13-6-5-11(10-22(13)21-12)19-15(16-2)18-9-14(23)17-7-8-24-3;/h11H,4-10H2,1-3H3,(H,17,23)(H2,16,18,19);1H. The van der Waals surface area contributed by atoms with Gasteiger partial charge in [-0.05, 0) is 6.42 Å². The maximum Gasteiger partial charge on any atom is 0.239 e. The molecule has 0 bridgehead atoms. The summed E-state index contributed by atoms with van der Waals surface area (Å²) in [5.41, 5.74) is 0. The first-order chi connectivity index (χ1) is 11.7. The zero-order valence-electron chi connectivity index (χ0n) is 15.0. The third-order valence-electron chi connectivity index (χ3n) is 3.83. The lowest BCUT2D eigenvalue weighted by Gasteiger charge is -2.25. The Balaban J connectivity index is 0.00000312. The van der Waals surface area contributed by atoms with Crippen molar-refractivity contribution in [1.29, 1.82) is 0 Å². The molecule has 1 atom stereocenters. The van der Waals surface area contributed by atoms with Crippen molar-refractivity contribution in [2.45, 2.75) is 38.8 Å². The molecule has 2 heterocycles. The fourth-order valence-corrected chi connectivity index (χ4v) is 2.54. The molecule has 1 aliphatic rings. The van der Waals surface area contributed by atoms with E-state index in [1.807, 2.05) is 4.68 Å². The number of ether oxygens (including phenoxy) is 1. The number of nitrogens with zero attached hydrogens (tertiary/aromatic N) is 4. The molecule has 1 amide bonds. The minimum Gasteiger partial charge on any atom is -0.383 e. The van der Waals surface area contributed by atoms with Gasteiger partial charge >= 0.3 is 0 Å². The Morgan fingerprint density at radius 3 is 2.92 bits per heavy atom. The van der Waals surface area contributed by atoms with E-state index in [-0.39, 0.29) is 42.5 Å². The summed E-state index contributed by atoms with van der Waals surface area (Å²) >= 11 is 0. The SMILES string of the molecule is CCc1nc2n(n1)CC(NC(=NC)NCC(=O)NCCOC)CC2.I. The highest BCUT2D eigenvalue weighted by Crippen LogP contribution is 2.13. The topological polar surface area (TPSA) is 105 Å². The second kappa shape index (κ2) is 11.2. The molecule has 1 aromatic rings. The minimum absolute atomic E-state index is 0. The second-order valence-electron chi connectivity index (χ2n) is 5.63. The van der Waals surface area contributed by atoms with Gasteiger partial charge in [-0.2, -0.15) is 5.10 Å². The van der Waals surface area contributed by atoms with Crippen LogP contribution in [0.2, 0.25) is 0 Å². The van der Waals surface area contributed by atoms with Crippen molar-refractivity contribution in [3.63, 3.8) is 0 Å². The van der Waals surface area contributed by atoms with E-state index in [0.717, 1.165) is 37.5 Å². The number of aromatic nitrogens is 3. The molecule has 0 fully saturated rings. The van der Waals surface area contributed by atoms with E-state index in [1.165, 1.54) is 0 Å². The second-order valence-corrected chi connectivity index (χ2v) is 5.63. The van der Waals surface area contributed by atoms with E-state index in [4.69, 9.17) is 4.74 Å². The van der Waals surface area contributed by atoms with Crippen LogP contribution in [-0.2, 0) is 28.9 Å². The number of aliphatic imine (C=N–C) groups is 1. The Labute approximate surface area is 165 Å². The molecule has 1 aliphatic heterocycles. The summed E-state index contributed by atoms with van der Waals surface area (Å²) in [6.07, 6.45) is 2.70. The number of nitrogens with one attached hydrogen (secondary N) is 3. The molecule has 1 aromatic heterocycles. The van der Waals surface area contributed by atoms with Crippen molar-refractivity contribution in [1.82, 2.24) is 30.7 Å². The highest BCUT2D eigenvalue weighted by molar-refractivity contribution is 14.0. The van der Waals surface area contributed by atoms with E-state index in [2.05, 4.69) is 37.9 Å². The highest BCUT2D eigenvalue weighted by Gasteiger charge is 2.22. The predicted molar refractivity (Wildman–Crippen MR) is 106 cm³/mol. The Kier molecular flexibility index (Phi) is 9.71. The van der Waals surface area contributed by atoms with Crippen LogP contribution in [0.4, 0.5) is 0 Å². The van der Waals surface area contributed by atoms with Gasteiger partial charge in [0.05, 0.1) is 19.7 Å². The van der Waals surface area contributed by atoms with Crippen LogP contribution in [0.15, 0.2) is 4.99 Å². The number of hydrogen-bond donors (Lipinski definition) is 3. The molecule has 10 heteroatoms. The van der Waals surface area contributed by atoms with Gasteiger partial charge in [0.1, 0.15) is 5.82 Å². The van der Waals surface area contributed by atoms with Crippen molar-refractivity contribution < 1.29 is 9.53 Å². The van der Waals surface area contributed by atoms with E-state index in [0.29, 0.717) is 19.1 Å². The van der Waals surface area contributed by atoms with Gasteiger partial charge in [0.2, 0.25) is 5.91 Å². The molecule has 0 saturated heterocycles. The normalized spacial score (nSPS) is 16.6. The molecule has 0 radical (unpaired) electrons. The predicted octanol–water partition coefficient (Wildman–Crippen LogP) is -0.299. The molecule has 9 nitrogen and oxygen atoms in total. The lowest BCUT2D eigenvalue weighted by atomic mass is 10.1. The molecule has 0 aromatic carbocycles. The first-order valence-electron chi connectivity index (χ1n) is 8.31. The smallest absolute Gasteiger partial charge is 0.239 e. The zero-order chi connectivity index (χ0) is 17.4. The van der Waals surface area contributed by atoms with Gasteiger partial charge in [-0.1, -0.05) is 6.92 Å². The summed E-state index contributed by atoms with van der Waals surface area (Å²) in [6.45, 7) is 3.98. The average molecular weight is 465 g/mol. The largest absolute Gasteiger partial charge is 0.383 e. The summed E-state index contributed by atoms with van der Waals surface area (Å²) in [6, 6.07) is 0.214. The van der Waals surface area contributed by atoms with Crippen LogP contribution in [0.25, 0.3) is 0 Å². The van der Waals surface area contributed by atoms with E-state index < -0.39 is 0 Å². The van der Waals surface area contributed by atoms with Crippen molar-refractivity contribution in [2.75, 3.05) is 33.9 Å². The first-order valence-corrected chi connectivity index (χ1v) is 8.31. The van der Waals surface area contributed by atoms with Crippen LogP contribution < -0.4 is 16.0 Å². The van der Waals surface area contributed by atoms with Gasteiger partial charge in [-0.15, -0.1) is 24.0 Å². The highest BCUT2D eigenvalue weighted by atomic mass is 127. The number of carbonyl (C=O) groups excluding carboxylic acids is 1. The molecular weight excluding hydrogens is 437 g/mol. The van der Waals surface area contributed by atoms with Crippen LogP contribution in [0.1, 0.15) is 25.0 Å². The first kappa shape index (κ1) is 21.6. The minimum atomic E-state index is -0.0928. The summed E-state index contributed by atoms with van der Waals surface area (Å²) in [7, 11) is 3.29. The molecular formula is C15H28IN7O2. The van der Waals surface area contributed by atoms with Crippen LogP contribution in [0.5, 0.6) is 0 Å². The van der Waals surface area contributed by atoms with Crippen LogP contribution in [0.3, 0.4) is 0 Å². The number of amides is 1. The third kappa shape index (κ3) is 6.77. The number of aryl methyl sites for hydroxylation is 2. The fourth-order valence-electron chi connectivity index (χ4n) is 2.54. The molecule has 1 unspecified atom stereocenters. The monoisotopic (exact) mass is 465 g/mol. The fraction of sp³-hybridized carbons (Fsp3) is 0.733. The van der Waals surface area contributed by atoms with Crippen molar-refractivity contribution in [3.8, 4) is 0 Å². The van der Waals surface area contributed by atoms with Crippen molar-refractivity contribution in [2.24, 2.45) is 4.99 Å². The Morgan fingerprint density at radius 2 is 2.24 bits per heavy atom. The lowest BCUT2D eigenvalue weighted by molar-refractivity contribution is -0.120. The summed E-state index contributed by atoms with van der Waals surface area (Å²) < 4.78 is 6.86. The third-order valence-corrected chi connectivity index (χ3v) is 3.83. The molecule has 0 spiro atoms. The van der Waals surface area contributed by atoms with Crippen molar-refractivity contribution in [3.05, 3.63) is 11.6 Å². The number of guanidine groups is 1. The Bertz CT molecular complexity index is 576. The summed E-state index contributed by atoms with van der Waals surface area (Å²) in [5.74, 6) is 2.46. The van der Waals surface area contributed by atoms with Gasteiger partial charge in [0.25, 0.3) is 0 Å². The van der Waals surface area contributed by atoms with Gasteiger partial charge in [0, 0.05) is 39.6 Å².